The van der Waals surface area contributed by atoms with E-state index in [1.807, 2.05) is 31.2 Å². The van der Waals surface area contributed by atoms with Gasteiger partial charge in [0.15, 0.2) is 0 Å². The van der Waals surface area contributed by atoms with Crippen molar-refractivity contribution in [3.63, 3.8) is 0 Å². The molecule has 1 aromatic carbocycles. The normalized spacial score (nSPS) is 15.5. The van der Waals surface area contributed by atoms with Crippen LogP contribution >= 0.6 is 0 Å². The summed E-state index contributed by atoms with van der Waals surface area (Å²) in [5.74, 6) is 0.786. The lowest BCUT2D eigenvalue weighted by Gasteiger charge is -2.32. The van der Waals surface area contributed by atoms with Crippen molar-refractivity contribution in [3.05, 3.63) is 53.3 Å². The Kier molecular flexibility index (Phi) is 4.55. The van der Waals surface area contributed by atoms with Gasteiger partial charge in [-0.15, -0.1) is 0 Å². The molecule has 0 radical (unpaired) electrons. The fourth-order valence-corrected chi connectivity index (χ4v) is 2.83. The summed E-state index contributed by atoms with van der Waals surface area (Å²) >= 11 is 0. The van der Waals surface area contributed by atoms with Crippen LogP contribution in [0.2, 0.25) is 0 Å². The minimum Gasteiger partial charge on any atom is -0.349 e. The molecule has 1 N–H and O–H groups in total. The average molecular weight is 310 g/mol. The Morgan fingerprint density at radius 1 is 1.13 bits per heavy atom. The number of aromatic nitrogens is 2. The Morgan fingerprint density at radius 2 is 1.83 bits per heavy atom. The summed E-state index contributed by atoms with van der Waals surface area (Å²) in [5.41, 5.74) is 3.09. The number of nitrogens with zero attached hydrogens (tertiary/aromatic N) is 3. The smallest absolute Gasteiger partial charge is 0.251 e. The SMILES string of the molecule is Cc1ccc(C(=O)NC2CCN(c3ncccn3)CC2)cc1C. The van der Waals surface area contributed by atoms with Crippen LogP contribution in [0.15, 0.2) is 36.7 Å². The van der Waals surface area contributed by atoms with Crippen LogP contribution in [0.1, 0.15) is 34.3 Å². The number of anilines is 1. The van der Waals surface area contributed by atoms with Gasteiger partial charge in [0.25, 0.3) is 5.91 Å². The molecule has 5 heteroatoms. The van der Waals surface area contributed by atoms with Crippen LogP contribution in [0, 0.1) is 13.8 Å². The van der Waals surface area contributed by atoms with E-state index >= 15 is 0 Å². The predicted molar refractivity (Wildman–Crippen MR) is 90.6 cm³/mol. The number of hydrogen-bond donors (Lipinski definition) is 1. The van der Waals surface area contributed by atoms with E-state index in [-0.39, 0.29) is 11.9 Å². The Labute approximate surface area is 136 Å². The summed E-state index contributed by atoms with van der Waals surface area (Å²) in [6.07, 6.45) is 5.34. The Morgan fingerprint density at radius 3 is 2.48 bits per heavy atom. The quantitative estimate of drug-likeness (QED) is 0.946. The molecule has 3 rings (SSSR count). The number of piperidine rings is 1. The Balaban J connectivity index is 1.56. The average Bonchev–Trinajstić information content (AvgIpc) is 2.59. The van der Waals surface area contributed by atoms with E-state index in [2.05, 4.69) is 27.1 Å². The highest BCUT2D eigenvalue weighted by molar-refractivity contribution is 5.94. The summed E-state index contributed by atoms with van der Waals surface area (Å²) in [7, 11) is 0. The lowest BCUT2D eigenvalue weighted by molar-refractivity contribution is 0.0931. The van der Waals surface area contributed by atoms with Gasteiger partial charge in [0.2, 0.25) is 5.95 Å². The monoisotopic (exact) mass is 310 g/mol. The lowest BCUT2D eigenvalue weighted by Crippen LogP contribution is -2.45. The summed E-state index contributed by atoms with van der Waals surface area (Å²) in [6, 6.07) is 7.88. The van der Waals surface area contributed by atoms with Gasteiger partial charge in [-0.3, -0.25) is 4.79 Å². The summed E-state index contributed by atoms with van der Waals surface area (Å²) in [6.45, 7) is 5.81. The van der Waals surface area contributed by atoms with Gasteiger partial charge in [-0.25, -0.2) is 9.97 Å². The first-order valence-corrected chi connectivity index (χ1v) is 8.03. The van der Waals surface area contributed by atoms with E-state index < -0.39 is 0 Å². The predicted octanol–water partition coefficient (Wildman–Crippen LogP) is 2.49. The van der Waals surface area contributed by atoms with Crippen molar-refractivity contribution in [3.8, 4) is 0 Å². The van der Waals surface area contributed by atoms with Crippen molar-refractivity contribution in [2.75, 3.05) is 18.0 Å². The molecule has 23 heavy (non-hydrogen) atoms. The number of carbonyl (C=O) groups is 1. The van der Waals surface area contributed by atoms with E-state index in [0.29, 0.717) is 0 Å². The molecule has 0 atom stereocenters. The third-order valence-corrected chi connectivity index (χ3v) is 4.43. The maximum absolute atomic E-state index is 12.4. The van der Waals surface area contributed by atoms with E-state index in [1.54, 1.807) is 12.4 Å². The zero-order valence-electron chi connectivity index (χ0n) is 13.6. The van der Waals surface area contributed by atoms with Gasteiger partial charge in [-0.2, -0.15) is 0 Å². The van der Waals surface area contributed by atoms with Crippen molar-refractivity contribution in [2.45, 2.75) is 32.7 Å². The molecule has 1 aliphatic heterocycles. The maximum Gasteiger partial charge on any atom is 0.251 e. The van der Waals surface area contributed by atoms with Crippen LogP contribution in [0.3, 0.4) is 0 Å². The van der Waals surface area contributed by atoms with Crippen LogP contribution in [-0.2, 0) is 0 Å². The van der Waals surface area contributed by atoms with Gasteiger partial charge in [0.1, 0.15) is 0 Å². The zero-order valence-corrected chi connectivity index (χ0v) is 13.6. The van der Waals surface area contributed by atoms with Crippen molar-refractivity contribution in [2.24, 2.45) is 0 Å². The molecule has 1 fully saturated rings. The third-order valence-electron chi connectivity index (χ3n) is 4.43. The molecule has 1 amide bonds. The van der Waals surface area contributed by atoms with Gasteiger partial charge in [0.05, 0.1) is 0 Å². The van der Waals surface area contributed by atoms with Crippen molar-refractivity contribution in [1.29, 1.82) is 0 Å². The molecule has 2 aromatic rings. The topological polar surface area (TPSA) is 58.1 Å². The zero-order chi connectivity index (χ0) is 16.2. The molecule has 0 bridgehead atoms. The van der Waals surface area contributed by atoms with Crippen molar-refractivity contribution < 1.29 is 4.79 Å². The Bertz CT molecular complexity index is 679. The second kappa shape index (κ2) is 6.77. The second-order valence-corrected chi connectivity index (χ2v) is 6.08. The number of amides is 1. The molecule has 5 nitrogen and oxygen atoms in total. The van der Waals surface area contributed by atoms with Crippen molar-refractivity contribution in [1.82, 2.24) is 15.3 Å². The number of nitrogens with one attached hydrogen (secondary N) is 1. The summed E-state index contributed by atoms with van der Waals surface area (Å²) < 4.78 is 0. The highest BCUT2D eigenvalue weighted by Gasteiger charge is 2.22. The molecule has 0 spiro atoms. The maximum atomic E-state index is 12.4. The first-order valence-electron chi connectivity index (χ1n) is 8.03. The summed E-state index contributed by atoms with van der Waals surface area (Å²) in [5, 5.41) is 3.15. The van der Waals surface area contributed by atoms with Crippen LogP contribution in [0.4, 0.5) is 5.95 Å². The van der Waals surface area contributed by atoms with E-state index in [9.17, 15) is 4.79 Å². The molecule has 0 saturated carbocycles. The fraction of sp³-hybridized carbons (Fsp3) is 0.389. The highest BCUT2D eigenvalue weighted by Crippen LogP contribution is 2.16. The second-order valence-electron chi connectivity index (χ2n) is 6.08. The molecule has 1 aliphatic rings. The number of carbonyl (C=O) groups excluding carboxylic acids is 1. The van der Waals surface area contributed by atoms with Crippen molar-refractivity contribution >= 4 is 11.9 Å². The number of benzene rings is 1. The van der Waals surface area contributed by atoms with Gasteiger partial charge in [-0.1, -0.05) is 6.07 Å². The minimum atomic E-state index is 0.0162. The van der Waals surface area contributed by atoms with Crippen LogP contribution in [-0.4, -0.2) is 35.0 Å². The number of aryl methyl sites for hydroxylation is 2. The van der Waals surface area contributed by atoms with Gasteiger partial charge in [-0.05, 0) is 56.0 Å². The highest BCUT2D eigenvalue weighted by atomic mass is 16.1. The third kappa shape index (κ3) is 3.67. The molecule has 120 valence electrons. The number of hydrogen-bond acceptors (Lipinski definition) is 4. The first-order chi connectivity index (χ1) is 11.1. The minimum absolute atomic E-state index is 0.0162. The standard InChI is InChI=1S/C18H22N4O/c1-13-4-5-15(12-14(13)2)17(23)21-16-6-10-22(11-7-16)18-19-8-3-9-20-18/h3-5,8-9,12,16H,6-7,10-11H2,1-2H3,(H,21,23). The van der Waals surface area contributed by atoms with Gasteiger partial charge >= 0.3 is 0 Å². The largest absolute Gasteiger partial charge is 0.349 e. The molecule has 1 saturated heterocycles. The lowest BCUT2D eigenvalue weighted by atomic mass is 10.0. The van der Waals surface area contributed by atoms with Crippen LogP contribution in [0.25, 0.3) is 0 Å². The van der Waals surface area contributed by atoms with E-state index in [1.165, 1.54) is 5.56 Å². The molecule has 0 aliphatic carbocycles. The fourth-order valence-electron chi connectivity index (χ4n) is 2.83. The van der Waals surface area contributed by atoms with Crippen LogP contribution < -0.4 is 10.2 Å². The van der Waals surface area contributed by atoms with Gasteiger partial charge in [0, 0.05) is 37.1 Å². The first kappa shape index (κ1) is 15.5. The Hall–Kier alpha value is -2.43. The van der Waals surface area contributed by atoms with Crippen LogP contribution in [0.5, 0.6) is 0 Å². The van der Waals surface area contributed by atoms with Gasteiger partial charge < -0.3 is 10.2 Å². The molecule has 0 unspecified atom stereocenters. The molecule has 2 heterocycles. The summed E-state index contributed by atoms with van der Waals surface area (Å²) in [4.78, 5) is 23.1. The molecular weight excluding hydrogens is 288 g/mol. The molecule has 1 aromatic heterocycles. The number of rotatable bonds is 3. The molecular formula is C18H22N4O. The van der Waals surface area contributed by atoms with E-state index in [4.69, 9.17) is 0 Å². The van der Waals surface area contributed by atoms with E-state index in [0.717, 1.165) is 43.0 Å².